The smallest absolute Gasteiger partial charge is 0.317 e. The van der Waals surface area contributed by atoms with E-state index in [0.29, 0.717) is 26.7 Å². The molecule has 2 aromatic heterocycles. The molecule has 0 spiro atoms. The largest absolute Gasteiger partial charge is 0.480 e. The molecule has 1 aliphatic rings. The van der Waals surface area contributed by atoms with Gasteiger partial charge in [0, 0.05) is 27.7 Å². The van der Waals surface area contributed by atoms with E-state index in [0.717, 1.165) is 51.3 Å². The van der Waals surface area contributed by atoms with E-state index in [2.05, 4.69) is 10.6 Å². The van der Waals surface area contributed by atoms with Crippen LogP contribution in [0.15, 0.2) is 65.6 Å². The topological polar surface area (TPSA) is 196 Å². The van der Waals surface area contributed by atoms with Crippen LogP contribution in [0.1, 0.15) is 65.1 Å². The van der Waals surface area contributed by atoms with E-state index in [-0.39, 0.29) is 23.3 Å². The molecule has 15 heteroatoms. The summed E-state index contributed by atoms with van der Waals surface area (Å²) >= 11 is 2.77. The van der Waals surface area contributed by atoms with Gasteiger partial charge in [-0.3, -0.25) is 24.1 Å². The zero-order valence-electron chi connectivity index (χ0n) is 26.6. The van der Waals surface area contributed by atoms with Crippen LogP contribution < -0.4 is 15.8 Å². The maximum Gasteiger partial charge on any atom is 0.317 e. The van der Waals surface area contributed by atoms with Crippen molar-refractivity contribution in [2.75, 3.05) is 23.7 Å². The van der Waals surface area contributed by atoms with Crippen LogP contribution in [0.5, 0.6) is 0 Å². The van der Waals surface area contributed by atoms with Crippen molar-refractivity contribution < 1.29 is 37.8 Å². The van der Waals surface area contributed by atoms with E-state index in [4.69, 9.17) is 15.4 Å². The lowest BCUT2D eigenvalue weighted by Crippen LogP contribution is -2.33. The van der Waals surface area contributed by atoms with Crippen molar-refractivity contribution in [2.24, 2.45) is 5.14 Å². The molecule has 0 atom stereocenters. The third-order valence-corrected chi connectivity index (χ3v) is 11.0. The van der Waals surface area contributed by atoms with E-state index in [1.165, 1.54) is 51.8 Å². The quantitative estimate of drug-likeness (QED) is 0.116. The maximum atomic E-state index is 13.3. The summed E-state index contributed by atoms with van der Waals surface area (Å²) in [7, 11) is -3.84. The summed E-state index contributed by atoms with van der Waals surface area (Å²) in [6.07, 6.45) is 2.61. The van der Waals surface area contributed by atoms with Crippen LogP contribution >= 0.6 is 22.7 Å². The van der Waals surface area contributed by atoms with Gasteiger partial charge in [0.1, 0.15) is 0 Å². The summed E-state index contributed by atoms with van der Waals surface area (Å²) in [6.45, 7) is 3.27. The number of amides is 2. The highest BCUT2D eigenvalue weighted by atomic mass is 32.2. The van der Waals surface area contributed by atoms with Crippen molar-refractivity contribution in [3.8, 4) is 0 Å². The van der Waals surface area contributed by atoms with Gasteiger partial charge < -0.3 is 20.8 Å². The Labute approximate surface area is 290 Å². The molecule has 0 saturated heterocycles. The van der Waals surface area contributed by atoms with Crippen LogP contribution in [0, 0.1) is 13.8 Å². The third-order valence-electron chi connectivity index (χ3n) is 7.93. The van der Waals surface area contributed by atoms with Gasteiger partial charge in [-0.25, -0.2) is 13.6 Å². The summed E-state index contributed by atoms with van der Waals surface area (Å²) in [6, 6.07) is 16.3. The number of carboxylic acid groups (broad SMARTS) is 2. The number of carbonyl (C=O) groups excluding carboxylic acids is 2. The Morgan fingerprint density at radius 2 is 1.18 bits per heavy atom. The number of carbonyl (C=O) groups is 4. The minimum atomic E-state index is -3.84. The maximum absolute atomic E-state index is 13.3. The van der Waals surface area contributed by atoms with Crippen molar-refractivity contribution in [2.45, 2.75) is 44.6 Å². The van der Waals surface area contributed by atoms with E-state index < -0.39 is 35.1 Å². The Morgan fingerprint density at radius 1 is 0.755 bits per heavy atom. The summed E-state index contributed by atoms with van der Waals surface area (Å²) in [5.74, 6) is -2.82. The summed E-state index contributed by atoms with van der Waals surface area (Å²) in [4.78, 5) is 52.9. The lowest BCUT2D eigenvalue weighted by Gasteiger charge is -2.18. The molecule has 2 heterocycles. The highest BCUT2D eigenvalue weighted by Crippen LogP contribution is 2.45. The van der Waals surface area contributed by atoms with Gasteiger partial charge in [0.25, 0.3) is 11.8 Å². The first-order valence-electron chi connectivity index (χ1n) is 15.1. The number of primary sulfonamides is 1. The van der Waals surface area contributed by atoms with Crippen LogP contribution in [-0.2, 0) is 26.2 Å². The average molecular weight is 723 g/mol. The number of sulfonamides is 1. The fourth-order valence-corrected chi connectivity index (χ4v) is 8.14. The van der Waals surface area contributed by atoms with Crippen molar-refractivity contribution in [1.82, 2.24) is 4.90 Å². The number of nitrogens with zero attached hydrogens (tertiary/aromatic N) is 1. The number of nitrogens with one attached hydrogen (secondary N) is 2. The number of hydrogen-bond donors (Lipinski definition) is 5. The Morgan fingerprint density at radius 3 is 1.59 bits per heavy atom. The SMILES string of the molecule is Cc1sc(C(=O)Nc2ccc(CN(CC(=O)O)CC(=O)O)cc2)cc1C1=C(c2cc(C(=O)Nc3ccc(S(N)(=O)=O)cc3)sc2C)CCC1. The number of nitrogens with two attached hydrogens (primary N) is 1. The van der Waals surface area contributed by atoms with Gasteiger partial charge in [-0.2, -0.15) is 0 Å². The fraction of sp³-hybridized carbons (Fsp3) is 0.235. The molecule has 0 aliphatic heterocycles. The van der Waals surface area contributed by atoms with E-state index in [1.54, 1.807) is 24.3 Å². The van der Waals surface area contributed by atoms with Crippen molar-refractivity contribution in [1.29, 1.82) is 0 Å². The van der Waals surface area contributed by atoms with Crippen LogP contribution in [0.3, 0.4) is 0 Å². The van der Waals surface area contributed by atoms with Gasteiger partial charge in [-0.1, -0.05) is 12.1 Å². The minimum Gasteiger partial charge on any atom is -0.480 e. The summed E-state index contributed by atoms with van der Waals surface area (Å²) in [5, 5.41) is 29.0. The molecule has 1 aliphatic carbocycles. The number of hydrogen-bond acceptors (Lipinski definition) is 9. The van der Waals surface area contributed by atoms with Gasteiger partial charge in [0.2, 0.25) is 10.0 Å². The normalized spacial score (nSPS) is 13.1. The highest BCUT2D eigenvalue weighted by molar-refractivity contribution is 7.89. The van der Waals surface area contributed by atoms with E-state index >= 15 is 0 Å². The molecule has 49 heavy (non-hydrogen) atoms. The molecule has 2 amide bonds. The first-order valence-corrected chi connectivity index (χ1v) is 18.3. The number of aryl methyl sites for hydroxylation is 2. The molecular formula is C34H34N4O8S3. The van der Waals surface area contributed by atoms with Crippen LogP contribution in [0.4, 0.5) is 11.4 Å². The Kier molecular flexibility index (Phi) is 10.8. The lowest BCUT2D eigenvalue weighted by molar-refractivity contribution is -0.142. The van der Waals surface area contributed by atoms with Gasteiger partial charge in [0.05, 0.1) is 27.7 Å². The number of aliphatic carboxylic acids is 2. The Balaban J connectivity index is 1.29. The predicted molar refractivity (Wildman–Crippen MR) is 189 cm³/mol. The standard InChI is InChI=1S/C34H34N4O8S3/c1-19-27(14-29(47-19)33(43)36-22-8-6-21(7-9-22)16-38(17-31(39)40)18-32(41)42)25-4-3-5-26(25)28-15-30(48-20(28)2)34(44)37-23-10-12-24(13-11-23)49(35,45)46/h6-15H,3-5,16-18H2,1-2H3,(H,36,43)(H,37,44)(H,39,40)(H,41,42)(H2,35,45,46). The van der Waals surface area contributed by atoms with Crippen LogP contribution in [-0.4, -0.2) is 60.4 Å². The molecular weight excluding hydrogens is 689 g/mol. The average Bonchev–Trinajstić information content (AvgIpc) is 3.75. The van der Waals surface area contributed by atoms with Crippen molar-refractivity contribution in [3.05, 3.63) is 96.9 Å². The molecule has 2 aromatic carbocycles. The molecule has 12 nitrogen and oxygen atoms in total. The van der Waals surface area contributed by atoms with Crippen LogP contribution in [0.25, 0.3) is 11.1 Å². The second-order valence-corrected chi connectivity index (χ2v) is 15.7. The Bertz CT molecular complexity index is 2050. The Hall–Kier alpha value is -4.67. The zero-order chi connectivity index (χ0) is 35.5. The summed E-state index contributed by atoms with van der Waals surface area (Å²) in [5.41, 5.74) is 5.99. The van der Waals surface area contributed by atoms with E-state index in [9.17, 15) is 27.6 Å². The predicted octanol–water partition coefficient (Wildman–Crippen LogP) is 5.64. The van der Waals surface area contributed by atoms with Crippen molar-refractivity contribution in [3.63, 3.8) is 0 Å². The highest BCUT2D eigenvalue weighted by Gasteiger charge is 2.25. The molecule has 4 aromatic rings. The molecule has 0 fully saturated rings. The summed E-state index contributed by atoms with van der Waals surface area (Å²) < 4.78 is 23.1. The van der Waals surface area contributed by atoms with Gasteiger partial charge >= 0.3 is 11.9 Å². The molecule has 5 rings (SSSR count). The van der Waals surface area contributed by atoms with Crippen LogP contribution in [0.2, 0.25) is 0 Å². The minimum absolute atomic E-state index is 0.0438. The number of benzene rings is 2. The molecule has 0 radical (unpaired) electrons. The van der Waals surface area contributed by atoms with Gasteiger partial charge in [-0.05, 0) is 109 Å². The second kappa shape index (κ2) is 14.8. The number of allylic oxidation sites excluding steroid dienone is 2. The number of thiophene rings is 2. The first kappa shape index (κ1) is 35.6. The van der Waals surface area contributed by atoms with E-state index in [1.807, 2.05) is 26.0 Å². The first-order chi connectivity index (χ1) is 23.2. The number of carboxylic acids is 2. The zero-order valence-corrected chi connectivity index (χ0v) is 29.1. The number of anilines is 2. The molecule has 0 saturated carbocycles. The lowest BCUT2D eigenvalue weighted by atomic mass is 9.97. The molecule has 256 valence electrons. The second-order valence-electron chi connectivity index (χ2n) is 11.6. The van der Waals surface area contributed by atoms with Gasteiger partial charge in [-0.15, -0.1) is 22.7 Å². The fourth-order valence-electron chi connectivity index (χ4n) is 5.74. The monoisotopic (exact) mass is 722 g/mol. The number of rotatable bonds is 13. The molecule has 0 bridgehead atoms. The molecule has 6 N–H and O–H groups in total. The van der Waals surface area contributed by atoms with Gasteiger partial charge in [0.15, 0.2) is 0 Å². The molecule has 0 unspecified atom stereocenters. The van der Waals surface area contributed by atoms with Crippen molar-refractivity contribution >= 4 is 79.0 Å². The third kappa shape index (κ3) is 8.87.